The van der Waals surface area contributed by atoms with Crippen molar-refractivity contribution in [2.24, 2.45) is 0 Å². The minimum atomic E-state index is -0.301. The SMILES string of the molecule is COC/C=C/C(=O)N1CCCC(c2cn(-c3ccc(Oc4ccccc4)cc3)c3c(N)n[nH]c(=O)c23)C1. The van der Waals surface area contributed by atoms with Gasteiger partial charge in [0.1, 0.15) is 17.0 Å². The minimum absolute atomic E-state index is 0.0131. The van der Waals surface area contributed by atoms with E-state index in [4.69, 9.17) is 15.2 Å². The molecule has 0 spiro atoms. The van der Waals surface area contributed by atoms with Crippen LogP contribution >= 0.6 is 0 Å². The third-order valence-electron chi connectivity index (χ3n) is 6.57. The van der Waals surface area contributed by atoms with Crippen molar-refractivity contribution in [2.75, 3.05) is 32.5 Å². The van der Waals surface area contributed by atoms with Crippen molar-refractivity contribution in [1.82, 2.24) is 19.7 Å². The van der Waals surface area contributed by atoms with Crippen molar-refractivity contribution < 1.29 is 14.3 Å². The van der Waals surface area contributed by atoms with Gasteiger partial charge in [0, 0.05) is 44.1 Å². The number of nitrogen functional groups attached to an aromatic ring is 1. The van der Waals surface area contributed by atoms with E-state index in [9.17, 15) is 9.59 Å². The van der Waals surface area contributed by atoms with Crippen LogP contribution in [-0.2, 0) is 9.53 Å². The average Bonchev–Trinajstić information content (AvgIpc) is 3.34. The molecule has 9 heteroatoms. The number of H-pyrrole nitrogens is 1. The zero-order valence-electron chi connectivity index (χ0n) is 20.6. The number of hydrogen-bond donors (Lipinski definition) is 2. The van der Waals surface area contributed by atoms with Crippen molar-refractivity contribution in [1.29, 1.82) is 0 Å². The van der Waals surface area contributed by atoms with Gasteiger partial charge in [-0.3, -0.25) is 9.59 Å². The fourth-order valence-corrected chi connectivity index (χ4v) is 4.83. The molecule has 1 aliphatic rings. The van der Waals surface area contributed by atoms with Crippen LogP contribution in [0.5, 0.6) is 11.5 Å². The summed E-state index contributed by atoms with van der Waals surface area (Å²) in [7, 11) is 1.59. The lowest BCUT2D eigenvalue weighted by molar-refractivity contribution is -0.127. The molecule has 2 aromatic heterocycles. The van der Waals surface area contributed by atoms with Crippen LogP contribution in [0, 0.1) is 0 Å². The highest BCUT2D eigenvalue weighted by Crippen LogP contribution is 2.35. The quantitative estimate of drug-likeness (QED) is 0.372. The number of benzene rings is 2. The number of nitrogens with two attached hydrogens (primary N) is 1. The third kappa shape index (κ3) is 5.12. The summed E-state index contributed by atoms with van der Waals surface area (Å²) >= 11 is 0. The van der Waals surface area contributed by atoms with Crippen molar-refractivity contribution in [3.63, 3.8) is 0 Å². The van der Waals surface area contributed by atoms with E-state index >= 15 is 0 Å². The van der Waals surface area contributed by atoms with Gasteiger partial charge in [0.25, 0.3) is 5.56 Å². The second-order valence-corrected chi connectivity index (χ2v) is 9.01. The van der Waals surface area contributed by atoms with Gasteiger partial charge < -0.3 is 24.7 Å². The van der Waals surface area contributed by atoms with E-state index in [2.05, 4.69) is 10.2 Å². The summed E-state index contributed by atoms with van der Waals surface area (Å²) in [5.41, 5.74) is 8.20. The molecule has 3 N–H and O–H groups in total. The molecule has 190 valence electrons. The Kier molecular flexibility index (Phi) is 7.04. The maximum atomic E-state index is 13.0. The number of para-hydroxylation sites is 1. The molecule has 37 heavy (non-hydrogen) atoms. The molecule has 0 radical (unpaired) electrons. The van der Waals surface area contributed by atoms with E-state index < -0.39 is 0 Å². The number of aromatic nitrogens is 3. The van der Waals surface area contributed by atoms with Crippen LogP contribution in [0.3, 0.4) is 0 Å². The molecule has 0 saturated carbocycles. The summed E-state index contributed by atoms with van der Waals surface area (Å²) in [4.78, 5) is 27.5. The zero-order chi connectivity index (χ0) is 25.8. The summed E-state index contributed by atoms with van der Waals surface area (Å²) in [6.07, 6.45) is 6.90. The molecule has 0 aliphatic carbocycles. The lowest BCUT2D eigenvalue weighted by atomic mass is 9.90. The molecule has 9 nitrogen and oxygen atoms in total. The van der Waals surface area contributed by atoms with Crippen LogP contribution in [-0.4, -0.2) is 52.4 Å². The Morgan fingerprint density at radius 3 is 2.68 bits per heavy atom. The lowest BCUT2D eigenvalue weighted by Gasteiger charge is -2.32. The molecule has 0 bridgehead atoms. The van der Waals surface area contributed by atoms with Gasteiger partial charge in [0.15, 0.2) is 5.82 Å². The second-order valence-electron chi connectivity index (χ2n) is 9.01. The molecule has 1 unspecified atom stereocenters. The Bertz CT molecular complexity index is 1470. The molecule has 1 saturated heterocycles. The highest BCUT2D eigenvalue weighted by molar-refractivity contribution is 5.92. The molecule has 2 aromatic carbocycles. The minimum Gasteiger partial charge on any atom is -0.457 e. The number of nitrogens with one attached hydrogen (secondary N) is 1. The lowest BCUT2D eigenvalue weighted by Crippen LogP contribution is -2.38. The maximum absolute atomic E-state index is 13.0. The standard InChI is InChI=1S/C28H29N5O4/c1-36-16-6-10-24(34)32-15-5-7-19(17-32)23-18-33(26-25(23)28(35)31-30-27(26)29)20-11-13-22(14-12-20)37-21-8-3-2-4-9-21/h2-4,6,8-14,18-19H,5,7,15-17H2,1H3,(H2,29,30)(H,31,35)/b10-6+. The Morgan fingerprint density at radius 1 is 1.16 bits per heavy atom. The number of nitrogens with zero attached hydrogens (tertiary/aromatic N) is 3. The molecule has 5 rings (SSSR count). The number of anilines is 1. The zero-order valence-corrected chi connectivity index (χ0v) is 20.6. The number of hydrogen-bond acceptors (Lipinski definition) is 6. The predicted octanol–water partition coefficient (Wildman–Crippen LogP) is 4.00. The van der Waals surface area contributed by atoms with E-state index in [1.165, 1.54) is 0 Å². The summed E-state index contributed by atoms with van der Waals surface area (Å²) in [6, 6.07) is 17.1. The number of ether oxygens (including phenoxy) is 2. The highest BCUT2D eigenvalue weighted by atomic mass is 16.5. The number of likely N-dealkylation sites (tertiary alicyclic amines) is 1. The first kappa shape index (κ1) is 24.3. The third-order valence-corrected chi connectivity index (χ3v) is 6.57. The first-order chi connectivity index (χ1) is 18.0. The Balaban J connectivity index is 1.48. The van der Waals surface area contributed by atoms with Crippen molar-refractivity contribution in [3.05, 3.63) is 88.9 Å². The maximum Gasteiger partial charge on any atom is 0.274 e. The van der Waals surface area contributed by atoms with Crippen LogP contribution in [0.4, 0.5) is 5.82 Å². The average molecular weight is 500 g/mol. The van der Waals surface area contributed by atoms with E-state index in [0.717, 1.165) is 29.8 Å². The Morgan fingerprint density at radius 2 is 1.92 bits per heavy atom. The van der Waals surface area contributed by atoms with Crippen LogP contribution in [0.15, 0.2) is 77.7 Å². The van der Waals surface area contributed by atoms with E-state index in [1.54, 1.807) is 19.3 Å². The van der Waals surface area contributed by atoms with Crippen LogP contribution in [0.25, 0.3) is 16.6 Å². The summed E-state index contributed by atoms with van der Waals surface area (Å²) in [6.45, 7) is 1.57. The number of carbonyl (C=O) groups excluding carboxylic acids is 1. The molecule has 4 aromatic rings. The number of carbonyl (C=O) groups is 1. The molecule has 1 atom stereocenters. The fourth-order valence-electron chi connectivity index (χ4n) is 4.83. The second kappa shape index (κ2) is 10.7. The summed E-state index contributed by atoms with van der Waals surface area (Å²) in [5.74, 6) is 1.60. The first-order valence-corrected chi connectivity index (χ1v) is 12.2. The Hall–Kier alpha value is -4.37. The molecule has 3 heterocycles. The largest absolute Gasteiger partial charge is 0.457 e. The summed E-state index contributed by atoms with van der Waals surface area (Å²) in [5, 5.41) is 7.05. The van der Waals surface area contributed by atoms with Gasteiger partial charge in [0.05, 0.1) is 12.0 Å². The van der Waals surface area contributed by atoms with Crippen LogP contribution < -0.4 is 16.0 Å². The number of amides is 1. The highest BCUT2D eigenvalue weighted by Gasteiger charge is 2.28. The number of piperidine rings is 1. The molecular weight excluding hydrogens is 470 g/mol. The monoisotopic (exact) mass is 499 g/mol. The van der Waals surface area contributed by atoms with Gasteiger partial charge in [-0.05, 0) is 54.8 Å². The fraction of sp³-hybridized carbons (Fsp3) is 0.250. The van der Waals surface area contributed by atoms with Gasteiger partial charge in [0.2, 0.25) is 5.91 Å². The smallest absolute Gasteiger partial charge is 0.274 e. The number of aromatic amines is 1. The van der Waals surface area contributed by atoms with Gasteiger partial charge in [-0.25, -0.2) is 5.10 Å². The van der Waals surface area contributed by atoms with Crippen molar-refractivity contribution in [3.8, 4) is 17.2 Å². The van der Waals surface area contributed by atoms with Gasteiger partial charge in [-0.2, -0.15) is 5.10 Å². The first-order valence-electron chi connectivity index (χ1n) is 12.2. The van der Waals surface area contributed by atoms with E-state index in [-0.39, 0.29) is 23.2 Å². The molecular formula is C28H29N5O4. The normalized spacial score (nSPS) is 15.9. The summed E-state index contributed by atoms with van der Waals surface area (Å²) < 4.78 is 12.8. The molecule has 1 fully saturated rings. The van der Waals surface area contributed by atoms with Crippen molar-refractivity contribution >= 4 is 22.6 Å². The van der Waals surface area contributed by atoms with Gasteiger partial charge >= 0.3 is 0 Å². The van der Waals surface area contributed by atoms with Gasteiger partial charge in [-0.15, -0.1) is 0 Å². The van der Waals surface area contributed by atoms with Crippen LogP contribution in [0.2, 0.25) is 0 Å². The van der Waals surface area contributed by atoms with Crippen LogP contribution in [0.1, 0.15) is 24.3 Å². The predicted molar refractivity (Wildman–Crippen MR) is 142 cm³/mol. The van der Waals surface area contributed by atoms with E-state index in [0.29, 0.717) is 36.3 Å². The number of rotatable bonds is 7. The van der Waals surface area contributed by atoms with Crippen molar-refractivity contribution in [2.45, 2.75) is 18.8 Å². The van der Waals surface area contributed by atoms with Gasteiger partial charge in [-0.1, -0.05) is 24.3 Å². The van der Waals surface area contributed by atoms with E-state index in [1.807, 2.05) is 70.3 Å². The molecule has 1 aliphatic heterocycles. The Labute approximate surface area is 214 Å². The topological polar surface area (TPSA) is 115 Å². The number of fused-ring (bicyclic) bond motifs is 1. The molecule has 1 amide bonds. The number of methoxy groups -OCH3 is 1.